The normalized spacial score (nSPS) is 10.8. The van der Waals surface area contributed by atoms with Crippen LogP contribution in [0.1, 0.15) is 16.1 Å². The zero-order chi connectivity index (χ0) is 20.1. The number of hydrogen-bond donors (Lipinski definition) is 4. The highest BCUT2D eigenvalue weighted by Crippen LogP contribution is 2.31. The average molecular weight is 382 g/mol. The van der Waals surface area contributed by atoms with Crippen molar-refractivity contribution in [3.8, 4) is 34.3 Å². The third-order valence-electron chi connectivity index (χ3n) is 3.88. The molecular weight excluding hydrogens is 364 g/mol. The van der Waals surface area contributed by atoms with Crippen LogP contribution in [0, 0.1) is 0 Å². The lowest BCUT2D eigenvalue weighted by Gasteiger charge is -2.08. The number of hydrazone groups is 1. The van der Waals surface area contributed by atoms with Gasteiger partial charge in [0.15, 0.2) is 23.0 Å². The lowest BCUT2D eigenvalue weighted by Crippen LogP contribution is -2.17. The molecule has 4 N–H and O–H groups in total. The van der Waals surface area contributed by atoms with E-state index in [9.17, 15) is 15.0 Å². The van der Waals surface area contributed by atoms with Crippen LogP contribution in [0.4, 0.5) is 0 Å². The van der Waals surface area contributed by atoms with Gasteiger partial charge in [0.25, 0.3) is 5.91 Å². The molecule has 0 radical (unpaired) electrons. The summed E-state index contributed by atoms with van der Waals surface area (Å²) in [5.74, 6) is 0.147. The van der Waals surface area contributed by atoms with Crippen LogP contribution in [0.5, 0.6) is 23.0 Å². The Bertz CT molecular complexity index is 1030. The molecule has 0 saturated carbocycles. The van der Waals surface area contributed by atoms with Crippen LogP contribution in [0.2, 0.25) is 0 Å². The molecule has 0 aliphatic carbocycles. The van der Waals surface area contributed by atoms with E-state index in [1.807, 2.05) is 0 Å². The number of phenols is 2. The van der Waals surface area contributed by atoms with Gasteiger partial charge in [-0.15, -0.1) is 0 Å². The molecule has 0 saturated heterocycles. The predicted molar refractivity (Wildman–Crippen MR) is 102 cm³/mol. The van der Waals surface area contributed by atoms with Gasteiger partial charge in [-0.3, -0.25) is 9.89 Å². The Morgan fingerprint density at radius 1 is 1.07 bits per heavy atom. The smallest absolute Gasteiger partial charge is 0.289 e. The number of phenolic OH excluding ortho intramolecular Hbond substituents is 2. The predicted octanol–water partition coefficient (Wildman–Crippen LogP) is 2.27. The van der Waals surface area contributed by atoms with E-state index in [4.69, 9.17) is 9.47 Å². The van der Waals surface area contributed by atoms with E-state index >= 15 is 0 Å². The molecule has 9 nitrogen and oxygen atoms in total. The summed E-state index contributed by atoms with van der Waals surface area (Å²) in [5, 5.41) is 29.3. The Labute approximate surface area is 160 Å². The Morgan fingerprint density at radius 2 is 1.86 bits per heavy atom. The zero-order valence-corrected chi connectivity index (χ0v) is 15.1. The maximum absolute atomic E-state index is 12.2. The number of nitrogens with one attached hydrogen (secondary N) is 2. The molecule has 1 aromatic heterocycles. The second-order valence-electron chi connectivity index (χ2n) is 5.68. The van der Waals surface area contributed by atoms with Gasteiger partial charge >= 0.3 is 0 Å². The summed E-state index contributed by atoms with van der Waals surface area (Å²) in [7, 11) is 3.09. The molecular formula is C19H18N4O5. The lowest BCUT2D eigenvalue weighted by atomic mass is 10.1. The van der Waals surface area contributed by atoms with E-state index in [1.54, 1.807) is 31.4 Å². The van der Waals surface area contributed by atoms with Gasteiger partial charge in [-0.2, -0.15) is 10.2 Å². The summed E-state index contributed by atoms with van der Waals surface area (Å²) >= 11 is 0. The molecule has 28 heavy (non-hydrogen) atoms. The number of rotatable bonds is 6. The number of H-pyrrole nitrogens is 1. The number of benzene rings is 2. The molecule has 0 spiro atoms. The van der Waals surface area contributed by atoms with Gasteiger partial charge in [-0.05, 0) is 48.0 Å². The Kier molecular flexibility index (Phi) is 5.45. The van der Waals surface area contributed by atoms with Gasteiger partial charge in [-0.25, -0.2) is 5.43 Å². The van der Waals surface area contributed by atoms with Gasteiger partial charge in [0.1, 0.15) is 5.69 Å². The van der Waals surface area contributed by atoms with Crippen LogP contribution < -0.4 is 14.9 Å². The highest BCUT2D eigenvalue weighted by molar-refractivity contribution is 5.94. The molecule has 2 aromatic carbocycles. The highest BCUT2D eigenvalue weighted by Gasteiger charge is 2.12. The van der Waals surface area contributed by atoms with Gasteiger partial charge in [-0.1, -0.05) is 0 Å². The minimum Gasteiger partial charge on any atom is -0.504 e. The van der Waals surface area contributed by atoms with Crippen molar-refractivity contribution in [1.82, 2.24) is 15.6 Å². The van der Waals surface area contributed by atoms with Crippen molar-refractivity contribution in [1.29, 1.82) is 0 Å². The molecule has 0 aliphatic heterocycles. The van der Waals surface area contributed by atoms with E-state index < -0.39 is 5.91 Å². The first-order valence-electron chi connectivity index (χ1n) is 8.15. The minimum atomic E-state index is -0.488. The monoisotopic (exact) mass is 382 g/mol. The van der Waals surface area contributed by atoms with Gasteiger partial charge < -0.3 is 19.7 Å². The van der Waals surface area contributed by atoms with Crippen LogP contribution in [-0.4, -0.2) is 46.8 Å². The highest BCUT2D eigenvalue weighted by atomic mass is 16.5. The number of aromatic nitrogens is 2. The third kappa shape index (κ3) is 4.04. The largest absolute Gasteiger partial charge is 0.504 e. The number of methoxy groups -OCH3 is 2. The summed E-state index contributed by atoms with van der Waals surface area (Å²) in [4.78, 5) is 12.2. The molecule has 1 amide bonds. The minimum absolute atomic E-state index is 0.218. The average Bonchev–Trinajstić information content (AvgIpc) is 3.20. The maximum atomic E-state index is 12.2. The number of amides is 1. The fourth-order valence-electron chi connectivity index (χ4n) is 2.43. The Hall–Kier alpha value is -4.01. The molecule has 1 heterocycles. The molecule has 0 bridgehead atoms. The number of ether oxygens (including phenoxy) is 2. The van der Waals surface area contributed by atoms with Crippen LogP contribution in [0.15, 0.2) is 47.6 Å². The van der Waals surface area contributed by atoms with Gasteiger partial charge in [0, 0.05) is 5.56 Å². The first-order valence-corrected chi connectivity index (χ1v) is 8.15. The van der Waals surface area contributed by atoms with Crippen molar-refractivity contribution in [2.75, 3.05) is 14.2 Å². The van der Waals surface area contributed by atoms with Crippen LogP contribution in [0.25, 0.3) is 11.3 Å². The fourth-order valence-corrected chi connectivity index (χ4v) is 2.43. The number of carbonyl (C=O) groups excluding carboxylic acids is 1. The number of hydrogen-bond acceptors (Lipinski definition) is 7. The van der Waals surface area contributed by atoms with E-state index in [2.05, 4.69) is 20.7 Å². The van der Waals surface area contributed by atoms with Crippen LogP contribution >= 0.6 is 0 Å². The second-order valence-corrected chi connectivity index (χ2v) is 5.68. The number of aromatic amines is 1. The van der Waals surface area contributed by atoms with Crippen molar-refractivity contribution < 1.29 is 24.5 Å². The Morgan fingerprint density at radius 3 is 2.57 bits per heavy atom. The second kappa shape index (κ2) is 8.12. The molecule has 3 rings (SSSR count). The quantitative estimate of drug-likeness (QED) is 0.294. The summed E-state index contributed by atoms with van der Waals surface area (Å²) in [5.41, 5.74) is 4.38. The molecule has 9 heteroatoms. The zero-order valence-electron chi connectivity index (χ0n) is 15.1. The topological polar surface area (TPSA) is 129 Å². The van der Waals surface area contributed by atoms with Gasteiger partial charge in [0.05, 0.1) is 26.1 Å². The van der Waals surface area contributed by atoms with E-state index in [0.29, 0.717) is 22.8 Å². The molecule has 3 aromatic rings. The first kappa shape index (κ1) is 18.8. The van der Waals surface area contributed by atoms with Crippen molar-refractivity contribution in [2.24, 2.45) is 5.10 Å². The Balaban J connectivity index is 1.70. The summed E-state index contributed by atoms with van der Waals surface area (Å²) in [6, 6.07) is 11.1. The van der Waals surface area contributed by atoms with E-state index in [-0.39, 0.29) is 17.2 Å². The molecule has 144 valence electrons. The van der Waals surface area contributed by atoms with Crippen molar-refractivity contribution in [3.63, 3.8) is 0 Å². The van der Waals surface area contributed by atoms with Crippen LogP contribution in [-0.2, 0) is 0 Å². The number of carbonyl (C=O) groups is 1. The molecule has 0 unspecified atom stereocenters. The summed E-state index contributed by atoms with van der Waals surface area (Å²) < 4.78 is 10.5. The van der Waals surface area contributed by atoms with E-state index in [0.717, 1.165) is 5.56 Å². The van der Waals surface area contributed by atoms with Gasteiger partial charge in [0.2, 0.25) is 0 Å². The maximum Gasteiger partial charge on any atom is 0.289 e. The standard InChI is InChI=1S/C19H18N4O5/c1-27-17-6-4-12(8-18(17)28-2)13-9-14(22-21-13)19(26)23-20-10-11-3-5-15(24)16(25)7-11/h3-10,24-25H,1-2H3,(H,21,22)(H,23,26)/b20-10+. The van der Waals surface area contributed by atoms with Crippen molar-refractivity contribution >= 4 is 12.1 Å². The summed E-state index contributed by atoms with van der Waals surface area (Å²) in [6.45, 7) is 0. The SMILES string of the molecule is COc1ccc(-c2cc(C(=O)N/N=C/c3ccc(O)c(O)c3)[nH]n2)cc1OC. The lowest BCUT2D eigenvalue weighted by molar-refractivity contribution is 0.0950. The first-order chi connectivity index (χ1) is 13.5. The molecule has 0 aliphatic rings. The van der Waals surface area contributed by atoms with Crippen molar-refractivity contribution in [2.45, 2.75) is 0 Å². The summed E-state index contributed by atoms with van der Waals surface area (Å²) in [6.07, 6.45) is 1.34. The van der Waals surface area contributed by atoms with Crippen LogP contribution in [0.3, 0.4) is 0 Å². The van der Waals surface area contributed by atoms with Crippen molar-refractivity contribution in [3.05, 3.63) is 53.7 Å². The molecule has 0 atom stereocenters. The van der Waals surface area contributed by atoms with E-state index in [1.165, 1.54) is 31.5 Å². The number of nitrogens with zero attached hydrogens (tertiary/aromatic N) is 2. The number of aromatic hydroxyl groups is 2. The fraction of sp³-hybridized carbons (Fsp3) is 0.105. The molecule has 0 fully saturated rings. The third-order valence-corrected chi connectivity index (χ3v) is 3.88.